The molecule has 2 rings (SSSR count). The van der Waals surface area contributed by atoms with E-state index in [0.29, 0.717) is 6.04 Å². The largest absolute Gasteiger partial charge is 0.478 e. The van der Waals surface area contributed by atoms with Gasteiger partial charge in [0.2, 0.25) is 5.91 Å². The number of nitrogens with zero attached hydrogens (tertiary/aromatic N) is 2. The van der Waals surface area contributed by atoms with Gasteiger partial charge in [0.1, 0.15) is 0 Å². The highest BCUT2D eigenvalue weighted by molar-refractivity contribution is 5.93. The predicted molar refractivity (Wildman–Crippen MR) is 71.8 cm³/mol. The smallest absolute Gasteiger partial charge is 0.328 e. The first-order chi connectivity index (χ1) is 9.16. The number of rotatable bonds is 3. The minimum atomic E-state index is -1.07. The van der Waals surface area contributed by atoms with Gasteiger partial charge in [-0.05, 0) is 38.8 Å². The van der Waals surface area contributed by atoms with E-state index in [1.807, 2.05) is 0 Å². The highest BCUT2D eigenvalue weighted by atomic mass is 16.4. The van der Waals surface area contributed by atoms with Crippen molar-refractivity contribution in [2.75, 3.05) is 26.2 Å². The molecule has 5 nitrogen and oxygen atoms in total. The van der Waals surface area contributed by atoms with Gasteiger partial charge in [0, 0.05) is 31.3 Å². The zero-order valence-corrected chi connectivity index (χ0v) is 11.3. The summed E-state index contributed by atoms with van der Waals surface area (Å²) in [5.74, 6) is -1.25. The molecular weight excluding hydrogens is 244 g/mol. The number of carbonyl (C=O) groups excluding carboxylic acids is 1. The fourth-order valence-electron chi connectivity index (χ4n) is 2.98. The minimum Gasteiger partial charge on any atom is -0.478 e. The molecule has 0 atom stereocenters. The maximum atomic E-state index is 11.7. The van der Waals surface area contributed by atoms with Gasteiger partial charge in [-0.15, -0.1) is 0 Å². The summed E-state index contributed by atoms with van der Waals surface area (Å²) >= 11 is 0. The molecule has 1 amide bonds. The van der Waals surface area contributed by atoms with Crippen molar-refractivity contribution in [1.82, 2.24) is 9.80 Å². The maximum absolute atomic E-state index is 11.7. The van der Waals surface area contributed by atoms with E-state index < -0.39 is 5.97 Å². The van der Waals surface area contributed by atoms with Gasteiger partial charge in [-0.3, -0.25) is 4.79 Å². The van der Waals surface area contributed by atoms with Gasteiger partial charge < -0.3 is 14.9 Å². The number of carboxylic acid groups (broad SMARTS) is 1. The van der Waals surface area contributed by atoms with Crippen molar-refractivity contribution in [2.24, 2.45) is 0 Å². The summed E-state index contributed by atoms with van der Waals surface area (Å²) in [6.45, 7) is 3.86. The van der Waals surface area contributed by atoms with E-state index >= 15 is 0 Å². The first kappa shape index (κ1) is 14.1. The molecule has 19 heavy (non-hydrogen) atoms. The molecule has 0 spiro atoms. The van der Waals surface area contributed by atoms with Crippen molar-refractivity contribution in [3.05, 3.63) is 12.2 Å². The van der Waals surface area contributed by atoms with E-state index in [2.05, 4.69) is 4.90 Å². The highest BCUT2D eigenvalue weighted by Crippen LogP contribution is 2.20. The molecule has 1 N–H and O–H groups in total. The lowest BCUT2D eigenvalue weighted by molar-refractivity contribution is -0.132. The Balaban J connectivity index is 1.78. The first-order valence-corrected chi connectivity index (χ1v) is 7.11. The quantitative estimate of drug-likeness (QED) is 0.777. The Morgan fingerprint density at radius 3 is 2.16 bits per heavy atom. The van der Waals surface area contributed by atoms with E-state index in [1.54, 1.807) is 4.90 Å². The molecule has 0 unspecified atom stereocenters. The van der Waals surface area contributed by atoms with Gasteiger partial charge in [-0.2, -0.15) is 0 Å². The fourth-order valence-corrected chi connectivity index (χ4v) is 2.98. The maximum Gasteiger partial charge on any atom is 0.328 e. The summed E-state index contributed by atoms with van der Waals surface area (Å²) in [6, 6.07) is 0.604. The number of carboxylic acids is 1. The zero-order valence-electron chi connectivity index (χ0n) is 11.3. The number of amides is 1. The molecule has 106 valence electrons. The number of likely N-dealkylation sites (tertiary alicyclic amines) is 2. The van der Waals surface area contributed by atoms with E-state index in [9.17, 15) is 9.59 Å². The lowest BCUT2D eigenvalue weighted by Gasteiger charge is -2.40. The Morgan fingerprint density at radius 1 is 0.947 bits per heavy atom. The van der Waals surface area contributed by atoms with Crippen LogP contribution in [0.4, 0.5) is 0 Å². The second-order valence-electron chi connectivity index (χ2n) is 5.32. The Hall–Kier alpha value is -1.36. The minimum absolute atomic E-state index is 0.181. The van der Waals surface area contributed by atoms with Crippen LogP contribution in [-0.2, 0) is 9.59 Å². The van der Waals surface area contributed by atoms with Crippen molar-refractivity contribution < 1.29 is 14.7 Å². The van der Waals surface area contributed by atoms with Crippen LogP contribution in [0.15, 0.2) is 12.2 Å². The number of piperidine rings is 2. The summed E-state index contributed by atoms with van der Waals surface area (Å²) in [6.07, 6.45) is 8.01. The van der Waals surface area contributed by atoms with Gasteiger partial charge >= 0.3 is 5.97 Å². The number of hydrogen-bond acceptors (Lipinski definition) is 3. The molecule has 0 bridgehead atoms. The van der Waals surface area contributed by atoms with Crippen LogP contribution >= 0.6 is 0 Å². The van der Waals surface area contributed by atoms with Crippen LogP contribution in [0.5, 0.6) is 0 Å². The Labute approximate surface area is 113 Å². The van der Waals surface area contributed by atoms with Crippen LogP contribution in [0.1, 0.15) is 32.1 Å². The van der Waals surface area contributed by atoms with Gasteiger partial charge in [0.05, 0.1) is 0 Å². The molecule has 0 aromatic carbocycles. The summed E-state index contributed by atoms with van der Waals surface area (Å²) in [5, 5.41) is 8.51. The lowest BCUT2D eigenvalue weighted by Crippen LogP contribution is -2.47. The fraction of sp³-hybridized carbons (Fsp3) is 0.714. The number of carbonyl (C=O) groups is 2. The van der Waals surface area contributed by atoms with Crippen LogP contribution in [0.25, 0.3) is 0 Å². The molecule has 5 heteroatoms. The highest BCUT2D eigenvalue weighted by Gasteiger charge is 2.26. The normalized spacial score (nSPS) is 22.8. The standard InChI is InChI=1S/C14H22N2O3/c17-13(4-5-14(18)19)16-10-6-12(7-11-16)15-8-2-1-3-9-15/h4-5,12H,1-3,6-11H2,(H,18,19)/b5-4+. The second-order valence-corrected chi connectivity index (χ2v) is 5.32. The van der Waals surface area contributed by atoms with Crippen molar-refractivity contribution in [3.63, 3.8) is 0 Å². The average Bonchev–Trinajstić information content (AvgIpc) is 2.46. The Morgan fingerprint density at radius 2 is 1.58 bits per heavy atom. The van der Waals surface area contributed by atoms with E-state index in [0.717, 1.165) is 38.1 Å². The SMILES string of the molecule is O=C(O)/C=C/C(=O)N1CCC(N2CCCCC2)CC1. The molecule has 2 aliphatic heterocycles. The third-order valence-electron chi connectivity index (χ3n) is 4.05. The summed E-state index contributed by atoms with van der Waals surface area (Å²) in [5.41, 5.74) is 0. The monoisotopic (exact) mass is 266 g/mol. The second kappa shape index (κ2) is 6.70. The van der Waals surface area contributed by atoms with E-state index in [-0.39, 0.29) is 5.91 Å². The third-order valence-corrected chi connectivity index (χ3v) is 4.05. The molecule has 2 fully saturated rings. The summed E-state index contributed by atoms with van der Waals surface area (Å²) < 4.78 is 0. The van der Waals surface area contributed by atoms with E-state index in [4.69, 9.17) is 5.11 Å². The molecule has 0 aromatic heterocycles. The molecule has 2 saturated heterocycles. The Bertz CT molecular complexity index is 354. The third kappa shape index (κ3) is 4.06. The van der Waals surface area contributed by atoms with Gasteiger partial charge in [-0.25, -0.2) is 4.79 Å². The van der Waals surface area contributed by atoms with Crippen molar-refractivity contribution in [1.29, 1.82) is 0 Å². The van der Waals surface area contributed by atoms with Gasteiger partial charge in [0.15, 0.2) is 0 Å². The van der Waals surface area contributed by atoms with Crippen molar-refractivity contribution in [3.8, 4) is 0 Å². The number of aliphatic carboxylic acids is 1. The van der Waals surface area contributed by atoms with Gasteiger partial charge in [0.25, 0.3) is 0 Å². The van der Waals surface area contributed by atoms with Crippen LogP contribution in [-0.4, -0.2) is 59.0 Å². The molecule has 0 aliphatic carbocycles. The number of hydrogen-bond donors (Lipinski definition) is 1. The van der Waals surface area contributed by atoms with Crippen LogP contribution < -0.4 is 0 Å². The molecular formula is C14H22N2O3. The predicted octanol–water partition coefficient (Wildman–Crippen LogP) is 1.10. The van der Waals surface area contributed by atoms with Crippen LogP contribution in [0.2, 0.25) is 0 Å². The lowest BCUT2D eigenvalue weighted by atomic mass is 10.00. The first-order valence-electron chi connectivity index (χ1n) is 7.11. The molecule has 0 radical (unpaired) electrons. The molecule has 2 aliphatic rings. The van der Waals surface area contributed by atoms with Gasteiger partial charge in [-0.1, -0.05) is 6.42 Å². The topological polar surface area (TPSA) is 60.9 Å². The summed E-state index contributed by atoms with van der Waals surface area (Å²) in [7, 11) is 0. The van der Waals surface area contributed by atoms with E-state index in [1.165, 1.54) is 32.4 Å². The zero-order chi connectivity index (χ0) is 13.7. The molecule has 2 heterocycles. The molecule has 0 saturated carbocycles. The molecule has 0 aromatic rings. The van der Waals surface area contributed by atoms with Crippen LogP contribution in [0, 0.1) is 0 Å². The average molecular weight is 266 g/mol. The Kier molecular flexibility index (Phi) is 4.96. The van der Waals surface area contributed by atoms with Crippen molar-refractivity contribution >= 4 is 11.9 Å². The van der Waals surface area contributed by atoms with Crippen LogP contribution in [0.3, 0.4) is 0 Å². The summed E-state index contributed by atoms with van der Waals surface area (Å²) in [4.78, 5) is 26.4. The van der Waals surface area contributed by atoms with Crippen molar-refractivity contribution in [2.45, 2.75) is 38.1 Å².